The molecule has 4 rings (SSSR count). The predicted molar refractivity (Wildman–Crippen MR) is 118 cm³/mol. The zero-order chi connectivity index (χ0) is 24.9. The minimum Gasteiger partial charge on any atom is -0.433 e. The summed E-state index contributed by atoms with van der Waals surface area (Å²) in [6, 6.07) is 6.40. The summed E-state index contributed by atoms with van der Waals surface area (Å²) >= 11 is 0. The van der Waals surface area contributed by atoms with Crippen LogP contribution in [0, 0.1) is 5.82 Å². The maximum atomic E-state index is 14.9. The Bertz CT molecular complexity index is 1260. The van der Waals surface area contributed by atoms with E-state index < -0.39 is 44.1 Å². The first kappa shape index (κ1) is 24.1. The molecule has 2 aliphatic heterocycles. The highest BCUT2D eigenvalue weighted by Gasteiger charge is 2.60. The lowest BCUT2D eigenvalue weighted by atomic mass is 9.89. The molecule has 182 valence electrons. The fourth-order valence-corrected chi connectivity index (χ4v) is 6.91. The van der Waals surface area contributed by atoms with E-state index >= 15 is 0 Å². The van der Waals surface area contributed by atoms with Crippen LogP contribution in [0.1, 0.15) is 28.5 Å². The van der Waals surface area contributed by atoms with Gasteiger partial charge in [0.1, 0.15) is 28.6 Å². The summed E-state index contributed by atoms with van der Waals surface area (Å²) in [5, 5.41) is 0. The summed E-state index contributed by atoms with van der Waals surface area (Å²) in [6.07, 6.45) is 0.834. The normalized spacial score (nSPS) is 23.4. The van der Waals surface area contributed by atoms with Crippen molar-refractivity contribution in [1.82, 2.24) is 9.88 Å². The van der Waals surface area contributed by atoms with Crippen molar-refractivity contribution >= 4 is 21.5 Å². The van der Waals surface area contributed by atoms with Crippen LogP contribution in [0.15, 0.2) is 41.5 Å². The number of likely N-dealkylation sites (tertiary alicyclic amines) is 1. The van der Waals surface area contributed by atoms with Crippen LogP contribution >= 0.6 is 0 Å². The van der Waals surface area contributed by atoms with Crippen molar-refractivity contribution in [3.8, 4) is 5.75 Å². The molecule has 1 aromatic heterocycles. The predicted octanol–water partition coefficient (Wildman–Crippen LogP) is 1.93. The van der Waals surface area contributed by atoms with Crippen molar-refractivity contribution in [3.05, 3.63) is 59.2 Å². The third-order valence-electron chi connectivity index (χ3n) is 6.17. The maximum Gasteiger partial charge on any atom is 0.387 e. The number of hydrogen-bond acceptors (Lipinski definition) is 8. The monoisotopic (exact) mass is 496 g/mol. The van der Waals surface area contributed by atoms with Crippen LogP contribution in [0.5, 0.6) is 5.75 Å². The van der Waals surface area contributed by atoms with Crippen LogP contribution in [-0.2, 0) is 21.8 Å². The molecular formula is C22H23F3N4O4S. The molecule has 0 unspecified atom stereocenters. The van der Waals surface area contributed by atoms with Crippen LogP contribution < -0.4 is 10.5 Å². The van der Waals surface area contributed by atoms with E-state index in [1.165, 1.54) is 31.2 Å². The van der Waals surface area contributed by atoms with E-state index in [0.29, 0.717) is 5.56 Å². The van der Waals surface area contributed by atoms with Crippen molar-refractivity contribution in [3.63, 3.8) is 0 Å². The Morgan fingerprint density at radius 1 is 1.26 bits per heavy atom. The Labute approximate surface area is 194 Å². The largest absolute Gasteiger partial charge is 0.433 e. The van der Waals surface area contributed by atoms with Gasteiger partial charge in [0.25, 0.3) is 0 Å². The fraction of sp³-hybridized carbons (Fsp3) is 0.409. The van der Waals surface area contributed by atoms with Gasteiger partial charge in [0.15, 0.2) is 20.4 Å². The lowest BCUT2D eigenvalue weighted by Gasteiger charge is -2.51. The molecule has 3 heterocycles. The molecule has 1 aromatic carbocycles. The molecule has 0 amide bonds. The molecule has 2 aliphatic rings. The SMILES string of the molecule is CN1CC2(C1)C(N)=N[C@](C)(c1cc(CC(=O)c3ccc(OC(F)F)cn3)ccc1F)CS2(=O)=O. The van der Waals surface area contributed by atoms with Crippen molar-refractivity contribution in [2.24, 2.45) is 10.7 Å². The number of alkyl halides is 2. The highest BCUT2D eigenvalue weighted by molar-refractivity contribution is 7.93. The number of halogens is 3. The second-order valence-electron chi connectivity index (χ2n) is 8.87. The molecule has 1 spiro atoms. The standard InChI is InChI=1S/C22H23F3N4O4S/c1-21(12-34(31,32)22(19(26)28-21)10-29(2)11-22)15-7-13(3-5-16(15)23)8-18(30)17-6-4-14(9-27-17)33-20(24)25/h3-7,9,20H,8,10-12H2,1-2H3,(H2,26,28)/t21-/m0/s1. The molecular weight excluding hydrogens is 473 g/mol. The molecule has 1 fully saturated rings. The number of hydrogen-bond donors (Lipinski definition) is 1. The van der Waals surface area contributed by atoms with Gasteiger partial charge in [0.05, 0.1) is 11.9 Å². The number of ether oxygens (including phenoxy) is 1. The molecule has 1 saturated heterocycles. The van der Waals surface area contributed by atoms with Gasteiger partial charge >= 0.3 is 6.61 Å². The summed E-state index contributed by atoms with van der Waals surface area (Å²) in [7, 11) is -1.96. The van der Waals surface area contributed by atoms with Crippen molar-refractivity contribution in [1.29, 1.82) is 0 Å². The van der Waals surface area contributed by atoms with E-state index in [2.05, 4.69) is 14.7 Å². The van der Waals surface area contributed by atoms with Gasteiger partial charge in [0.2, 0.25) is 0 Å². The minimum absolute atomic E-state index is 0.0113. The average Bonchev–Trinajstić information content (AvgIpc) is 2.71. The number of rotatable bonds is 6. The molecule has 0 radical (unpaired) electrons. The lowest BCUT2D eigenvalue weighted by molar-refractivity contribution is -0.0500. The first-order valence-electron chi connectivity index (χ1n) is 10.3. The minimum atomic E-state index is -3.74. The number of amidine groups is 1. The van der Waals surface area contributed by atoms with E-state index in [-0.39, 0.29) is 42.4 Å². The first-order valence-corrected chi connectivity index (χ1v) is 12.0. The first-order chi connectivity index (χ1) is 15.8. The number of carbonyl (C=O) groups is 1. The van der Waals surface area contributed by atoms with Gasteiger partial charge < -0.3 is 15.4 Å². The molecule has 0 saturated carbocycles. The van der Waals surface area contributed by atoms with Crippen molar-refractivity contribution in [2.45, 2.75) is 30.2 Å². The molecule has 12 heteroatoms. The second kappa shape index (κ2) is 8.35. The topological polar surface area (TPSA) is 115 Å². The third kappa shape index (κ3) is 4.16. The number of Topliss-reactive ketones (excluding diaryl/α,β-unsaturated/α-hetero) is 1. The summed E-state index contributed by atoms with van der Waals surface area (Å²) < 4.78 is 68.7. The Kier molecular flexibility index (Phi) is 5.93. The highest BCUT2D eigenvalue weighted by atomic mass is 32.2. The van der Waals surface area contributed by atoms with Crippen LogP contribution in [0.4, 0.5) is 13.2 Å². The number of nitrogens with two attached hydrogens (primary N) is 1. The van der Waals surface area contributed by atoms with Gasteiger partial charge in [0, 0.05) is 25.1 Å². The Hall–Kier alpha value is -2.99. The fourth-order valence-electron chi connectivity index (χ4n) is 4.48. The Balaban J connectivity index is 1.60. The number of pyridine rings is 1. The molecule has 0 bridgehead atoms. The summed E-state index contributed by atoms with van der Waals surface area (Å²) in [4.78, 5) is 22.7. The summed E-state index contributed by atoms with van der Waals surface area (Å²) in [5.41, 5.74) is 5.09. The van der Waals surface area contributed by atoms with E-state index in [4.69, 9.17) is 5.73 Å². The zero-order valence-electron chi connectivity index (χ0n) is 18.5. The van der Waals surface area contributed by atoms with Crippen LogP contribution in [0.25, 0.3) is 0 Å². The molecule has 0 aliphatic carbocycles. The van der Waals surface area contributed by atoms with Gasteiger partial charge in [-0.25, -0.2) is 17.8 Å². The summed E-state index contributed by atoms with van der Waals surface area (Å²) in [6.45, 7) is -1.06. The van der Waals surface area contributed by atoms with Crippen LogP contribution in [0.3, 0.4) is 0 Å². The number of sulfone groups is 1. The van der Waals surface area contributed by atoms with Gasteiger partial charge in [-0.1, -0.05) is 6.07 Å². The maximum absolute atomic E-state index is 14.9. The Morgan fingerprint density at radius 3 is 2.53 bits per heavy atom. The van der Waals surface area contributed by atoms with E-state index in [0.717, 1.165) is 12.3 Å². The highest BCUT2D eigenvalue weighted by Crippen LogP contribution is 2.41. The van der Waals surface area contributed by atoms with Gasteiger partial charge in [-0.2, -0.15) is 8.78 Å². The number of ketones is 1. The molecule has 1 atom stereocenters. The number of aliphatic imine (C=N–C) groups is 1. The number of carbonyl (C=O) groups excluding carboxylic acids is 1. The molecule has 8 nitrogen and oxygen atoms in total. The van der Waals surface area contributed by atoms with Crippen molar-refractivity contribution in [2.75, 3.05) is 25.9 Å². The zero-order valence-corrected chi connectivity index (χ0v) is 19.3. The Morgan fingerprint density at radius 2 is 1.97 bits per heavy atom. The average molecular weight is 497 g/mol. The quantitative estimate of drug-likeness (QED) is 0.608. The smallest absolute Gasteiger partial charge is 0.387 e. The van der Waals surface area contributed by atoms with Crippen LogP contribution in [0.2, 0.25) is 0 Å². The number of nitrogens with zero attached hydrogens (tertiary/aromatic N) is 3. The number of aromatic nitrogens is 1. The lowest BCUT2D eigenvalue weighted by Crippen LogP contribution is -2.73. The molecule has 2 N–H and O–H groups in total. The van der Waals surface area contributed by atoms with E-state index in [1.54, 1.807) is 7.05 Å². The van der Waals surface area contributed by atoms with Gasteiger partial charge in [-0.05, 0) is 43.8 Å². The van der Waals surface area contributed by atoms with E-state index in [9.17, 15) is 26.4 Å². The summed E-state index contributed by atoms with van der Waals surface area (Å²) in [5.74, 6) is -1.76. The third-order valence-corrected chi connectivity index (χ3v) is 8.77. The van der Waals surface area contributed by atoms with Crippen LogP contribution in [-0.4, -0.2) is 67.2 Å². The second-order valence-corrected chi connectivity index (χ2v) is 11.2. The number of benzene rings is 1. The molecule has 2 aromatic rings. The van der Waals surface area contributed by atoms with Crippen molar-refractivity contribution < 1.29 is 31.1 Å². The molecule has 34 heavy (non-hydrogen) atoms. The van der Waals surface area contributed by atoms with Gasteiger partial charge in [-0.3, -0.25) is 9.79 Å². The van der Waals surface area contributed by atoms with Gasteiger partial charge in [-0.15, -0.1) is 0 Å². The van der Waals surface area contributed by atoms with E-state index in [1.807, 2.05) is 4.90 Å².